The molecule has 0 aromatic heterocycles. The van der Waals surface area contributed by atoms with E-state index in [4.69, 9.17) is 0 Å². The number of carbonyl (C=O) groups is 1. The third-order valence-electron chi connectivity index (χ3n) is 4.38. The lowest BCUT2D eigenvalue weighted by Crippen LogP contribution is -2.33. The third kappa shape index (κ3) is 19.3. The highest BCUT2D eigenvalue weighted by atomic mass is 19.1. The van der Waals surface area contributed by atoms with E-state index < -0.39 is 11.7 Å². The number of hydrogen-bond acceptors (Lipinski definition) is 2. The van der Waals surface area contributed by atoms with Gasteiger partial charge in [0.15, 0.2) is 5.83 Å². The van der Waals surface area contributed by atoms with Crippen molar-refractivity contribution < 1.29 is 13.6 Å². The maximum Gasteiger partial charge on any atom is 0.279 e. The molecule has 1 aliphatic carbocycles. The molecule has 0 aliphatic heterocycles. The smallest absolute Gasteiger partial charge is 0.279 e. The summed E-state index contributed by atoms with van der Waals surface area (Å²) < 4.78 is 24.5. The average molecular weight is 389 g/mol. The highest BCUT2D eigenvalue weighted by Crippen LogP contribution is 2.24. The van der Waals surface area contributed by atoms with Crippen molar-refractivity contribution in [1.29, 1.82) is 0 Å². The van der Waals surface area contributed by atoms with Gasteiger partial charge >= 0.3 is 0 Å². The van der Waals surface area contributed by atoms with E-state index in [1.54, 1.807) is 0 Å². The Bertz CT molecular complexity index is 407. The van der Waals surface area contributed by atoms with Crippen LogP contribution in [-0.4, -0.2) is 19.0 Å². The van der Waals surface area contributed by atoms with Gasteiger partial charge in [0.1, 0.15) is 0 Å². The molecule has 1 saturated carbocycles. The van der Waals surface area contributed by atoms with Gasteiger partial charge in [-0.1, -0.05) is 59.0 Å². The number of carbonyl (C=O) groups excluding carboxylic acids is 1. The zero-order valence-electron chi connectivity index (χ0n) is 18.0. The van der Waals surface area contributed by atoms with Crippen LogP contribution in [0.4, 0.5) is 8.78 Å². The number of halogens is 2. The Morgan fingerprint density at radius 2 is 1.63 bits per heavy atom. The number of nitrogens with one attached hydrogen (secondary N) is 1. The largest absolute Gasteiger partial charge is 0.347 e. The molecule has 1 amide bonds. The van der Waals surface area contributed by atoms with Gasteiger partial charge < -0.3 is 11.1 Å². The third-order valence-corrected chi connectivity index (χ3v) is 4.38. The van der Waals surface area contributed by atoms with Crippen molar-refractivity contribution >= 4 is 5.91 Å². The second-order valence-corrected chi connectivity index (χ2v) is 7.23. The van der Waals surface area contributed by atoms with Gasteiger partial charge in [-0.15, -0.1) is 0 Å². The fourth-order valence-electron chi connectivity index (χ4n) is 3.02. The van der Waals surface area contributed by atoms with Gasteiger partial charge in [0.2, 0.25) is 0 Å². The maximum absolute atomic E-state index is 13.7. The summed E-state index contributed by atoms with van der Waals surface area (Å²) in [5, 5.41) is 2.80. The van der Waals surface area contributed by atoms with Crippen LogP contribution in [0.3, 0.4) is 0 Å². The van der Waals surface area contributed by atoms with Gasteiger partial charge in [0.05, 0.1) is 5.83 Å². The van der Waals surface area contributed by atoms with Crippen LogP contribution in [0.2, 0.25) is 0 Å². The van der Waals surface area contributed by atoms with Crippen molar-refractivity contribution in [1.82, 2.24) is 5.32 Å². The summed E-state index contributed by atoms with van der Waals surface area (Å²) in [6, 6.07) is 0.171. The van der Waals surface area contributed by atoms with Crippen LogP contribution in [0.5, 0.6) is 0 Å². The topological polar surface area (TPSA) is 55.1 Å². The molecule has 160 valence electrons. The maximum atomic E-state index is 13.7. The number of hydrogen-bond donors (Lipinski definition) is 2. The van der Waals surface area contributed by atoms with E-state index in [0.29, 0.717) is 12.3 Å². The predicted octanol–water partition coefficient (Wildman–Crippen LogP) is 6.35. The normalized spacial score (nSPS) is 18.7. The van der Waals surface area contributed by atoms with Crippen molar-refractivity contribution in [3.05, 3.63) is 24.3 Å². The first-order valence-electron chi connectivity index (χ1n) is 10.4. The van der Waals surface area contributed by atoms with E-state index in [-0.39, 0.29) is 11.9 Å². The van der Waals surface area contributed by atoms with Gasteiger partial charge in [-0.25, -0.2) is 8.78 Å². The van der Waals surface area contributed by atoms with E-state index in [1.807, 2.05) is 0 Å². The molecule has 0 unspecified atom stereocenters. The molecule has 0 aromatic rings. The minimum atomic E-state index is -0.597. The van der Waals surface area contributed by atoms with Gasteiger partial charge in [0.25, 0.3) is 5.91 Å². The van der Waals surface area contributed by atoms with Crippen molar-refractivity contribution in [2.24, 2.45) is 11.7 Å². The summed E-state index contributed by atoms with van der Waals surface area (Å²) >= 11 is 0. The Kier molecular flexibility index (Phi) is 20.2. The van der Waals surface area contributed by atoms with Crippen LogP contribution in [0.1, 0.15) is 91.4 Å². The molecular formula is C22H42F2N2O. The fraction of sp³-hybridized carbons (Fsp3) is 0.773. The molecule has 0 aromatic carbocycles. The van der Waals surface area contributed by atoms with Gasteiger partial charge in [0, 0.05) is 6.04 Å². The van der Waals surface area contributed by atoms with E-state index in [2.05, 4.69) is 31.5 Å². The number of amides is 1. The first-order chi connectivity index (χ1) is 12.9. The monoisotopic (exact) mass is 388 g/mol. The SMILES string of the molecule is C=C(C)F.CCCCCCCCC/C=C(\F)C(=O)N[C@@H]1CC[C@H](C)C1.CN. The molecule has 5 heteroatoms. The summed E-state index contributed by atoms with van der Waals surface area (Å²) in [7, 11) is 1.50. The van der Waals surface area contributed by atoms with Crippen LogP contribution in [-0.2, 0) is 4.79 Å². The molecule has 2 atom stereocenters. The van der Waals surface area contributed by atoms with Crippen LogP contribution < -0.4 is 11.1 Å². The Morgan fingerprint density at radius 1 is 1.11 bits per heavy atom. The van der Waals surface area contributed by atoms with Gasteiger partial charge in [-0.3, -0.25) is 4.79 Å². The number of nitrogens with two attached hydrogens (primary N) is 1. The highest BCUT2D eigenvalue weighted by Gasteiger charge is 2.23. The summed E-state index contributed by atoms with van der Waals surface area (Å²) in [6.45, 7) is 8.59. The van der Waals surface area contributed by atoms with Crippen molar-refractivity contribution in [2.75, 3.05) is 7.05 Å². The van der Waals surface area contributed by atoms with Gasteiger partial charge in [-0.05, 0) is 58.1 Å². The molecule has 0 radical (unpaired) electrons. The van der Waals surface area contributed by atoms with Gasteiger partial charge in [-0.2, -0.15) is 0 Å². The van der Waals surface area contributed by atoms with Crippen molar-refractivity contribution in [3.8, 4) is 0 Å². The Labute approximate surface area is 165 Å². The molecule has 0 saturated heterocycles. The highest BCUT2D eigenvalue weighted by molar-refractivity contribution is 5.91. The van der Waals surface area contributed by atoms with E-state index in [0.717, 1.165) is 32.1 Å². The van der Waals surface area contributed by atoms with E-state index in [1.165, 1.54) is 52.2 Å². The zero-order valence-corrected chi connectivity index (χ0v) is 18.0. The van der Waals surface area contributed by atoms with E-state index >= 15 is 0 Å². The first kappa shape index (κ1) is 28.0. The predicted molar refractivity (Wildman–Crippen MR) is 113 cm³/mol. The second kappa shape index (κ2) is 19.5. The molecule has 1 aliphatic rings. The summed E-state index contributed by atoms with van der Waals surface area (Å²) in [4.78, 5) is 11.7. The van der Waals surface area contributed by atoms with Crippen molar-refractivity contribution in [2.45, 2.75) is 97.4 Å². The molecule has 0 spiro atoms. The molecule has 1 rings (SSSR count). The molecule has 0 heterocycles. The van der Waals surface area contributed by atoms with Crippen LogP contribution in [0.15, 0.2) is 24.3 Å². The fourth-order valence-corrected chi connectivity index (χ4v) is 3.02. The molecular weight excluding hydrogens is 346 g/mol. The first-order valence-corrected chi connectivity index (χ1v) is 10.4. The van der Waals surface area contributed by atoms with Crippen LogP contribution >= 0.6 is 0 Å². The molecule has 0 bridgehead atoms. The Balaban J connectivity index is 0. The zero-order chi connectivity index (χ0) is 21.1. The minimum absolute atomic E-state index is 0.171. The quantitative estimate of drug-likeness (QED) is 0.338. The standard InChI is InChI=1S/C18H32FNO.C3H5F.CH5N/c1-3-4-5-6-7-8-9-10-11-17(19)18(21)20-16-13-12-15(2)14-16;1-3(2)4;1-2/h11,15-16H,3-10,12-14H2,1-2H3,(H,20,21);1H2,2H3;2H2,1H3/b17-11-;;/t15-,16+;;/m0../s1. The lowest BCUT2D eigenvalue weighted by molar-refractivity contribution is -0.119. The average Bonchev–Trinajstić information content (AvgIpc) is 3.03. The number of rotatable bonds is 10. The summed E-state index contributed by atoms with van der Waals surface area (Å²) in [5.41, 5.74) is 4.50. The number of unbranched alkanes of at least 4 members (excludes halogenated alkanes) is 7. The lowest BCUT2D eigenvalue weighted by atomic mass is 10.1. The minimum Gasteiger partial charge on any atom is -0.347 e. The number of allylic oxidation sites excluding steroid dienone is 2. The van der Waals surface area contributed by atoms with Crippen LogP contribution in [0.25, 0.3) is 0 Å². The molecule has 3 nitrogen and oxygen atoms in total. The van der Waals surface area contributed by atoms with Crippen LogP contribution in [0, 0.1) is 5.92 Å². The molecule has 1 fully saturated rings. The van der Waals surface area contributed by atoms with E-state index in [9.17, 15) is 13.6 Å². The molecule has 27 heavy (non-hydrogen) atoms. The molecule has 3 N–H and O–H groups in total. The summed E-state index contributed by atoms with van der Waals surface area (Å²) in [6.07, 6.45) is 13.7. The second-order valence-electron chi connectivity index (χ2n) is 7.23. The summed E-state index contributed by atoms with van der Waals surface area (Å²) in [5.74, 6) is -0.798. The lowest BCUT2D eigenvalue weighted by Gasteiger charge is -2.11. The van der Waals surface area contributed by atoms with Crippen molar-refractivity contribution in [3.63, 3.8) is 0 Å². The Morgan fingerprint density at radius 3 is 2.11 bits per heavy atom. The Hall–Kier alpha value is -1.23.